The Kier molecular flexibility index (Phi) is 23.4. The first-order chi connectivity index (χ1) is 45.3. The molecule has 10 rings (SSSR count). The van der Waals surface area contributed by atoms with Gasteiger partial charge in [0.25, 0.3) is 0 Å². The SMILES string of the molecule is Cc1ncsc1-c1ccc([C@H](C)NC(=O)[C@@H]2C[C@@H](O)CN2C(=O)C(NC(=O)CCCCCCCCCCC(=O)N2CCN(CC#Cc3ccc(OCCCc4sc(N5CCCc6c5nnc(Nc5nc7ccccc7s5)c6C)nc4C(=O)O)c(F)c3)CC2)C(C)(C)C)cc1. The zero-order valence-electron chi connectivity index (χ0n) is 54.5. The number of β-amino-alcohol motifs (C(OH)–C–C–N with tert-alkyl or cyclic N) is 1. The van der Waals surface area contributed by atoms with Crippen LogP contribution in [0.25, 0.3) is 20.7 Å². The molecule has 3 aliphatic rings. The van der Waals surface area contributed by atoms with Gasteiger partial charge in [0.15, 0.2) is 39.2 Å². The molecule has 20 nitrogen and oxygen atoms in total. The maximum Gasteiger partial charge on any atom is 0.355 e. The first-order valence-corrected chi connectivity index (χ1v) is 35.3. The van der Waals surface area contributed by atoms with Gasteiger partial charge < -0.3 is 45.6 Å². The molecule has 7 heterocycles. The van der Waals surface area contributed by atoms with Crippen LogP contribution < -0.4 is 25.6 Å². The van der Waals surface area contributed by atoms with E-state index < -0.39 is 35.4 Å². The Labute approximate surface area is 561 Å². The number of aliphatic hydroxyl groups excluding tert-OH is 1. The molecule has 498 valence electrons. The molecule has 1 unspecified atom stereocenters. The fourth-order valence-corrected chi connectivity index (χ4v) is 15.0. The monoisotopic (exact) mass is 1340 g/mol. The summed E-state index contributed by atoms with van der Waals surface area (Å²) in [6.07, 6.45) is 9.99. The second kappa shape index (κ2) is 32.0. The second-order valence-electron chi connectivity index (χ2n) is 25.7. The van der Waals surface area contributed by atoms with Crippen LogP contribution in [-0.2, 0) is 32.0 Å². The van der Waals surface area contributed by atoms with Crippen LogP contribution in [0.2, 0.25) is 0 Å². The molecule has 4 atom stereocenters. The van der Waals surface area contributed by atoms with Crippen molar-refractivity contribution in [3.8, 4) is 28.0 Å². The Morgan fingerprint density at radius 2 is 1.59 bits per heavy atom. The molecule has 0 bridgehead atoms. The van der Waals surface area contributed by atoms with E-state index in [1.54, 1.807) is 34.8 Å². The van der Waals surface area contributed by atoms with Gasteiger partial charge in [-0.15, -0.1) is 32.9 Å². The highest BCUT2D eigenvalue weighted by atomic mass is 32.1. The van der Waals surface area contributed by atoms with E-state index in [-0.39, 0.29) is 67.1 Å². The lowest BCUT2D eigenvalue weighted by molar-refractivity contribution is -0.144. The summed E-state index contributed by atoms with van der Waals surface area (Å²) < 4.78 is 22.2. The van der Waals surface area contributed by atoms with Gasteiger partial charge in [0.1, 0.15) is 12.1 Å². The number of likely N-dealkylation sites (tertiary alicyclic amines) is 1. The molecule has 5 N–H and O–H groups in total. The number of rotatable bonds is 27. The van der Waals surface area contributed by atoms with E-state index in [0.29, 0.717) is 92.2 Å². The number of anilines is 4. The lowest BCUT2D eigenvalue weighted by Crippen LogP contribution is -2.57. The number of ether oxygens (including phenoxy) is 1. The normalized spacial score (nSPS) is 16.5. The summed E-state index contributed by atoms with van der Waals surface area (Å²) in [5, 5.41) is 40.6. The van der Waals surface area contributed by atoms with Gasteiger partial charge in [-0.25, -0.2) is 24.1 Å². The highest BCUT2D eigenvalue weighted by Crippen LogP contribution is 2.40. The molecule has 2 fully saturated rings. The van der Waals surface area contributed by atoms with Crippen molar-refractivity contribution in [1.82, 2.24) is 50.5 Å². The van der Waals surface area contributed by atoms with Gasteiger partial charge in [0.2, 0.25) is 23.6 Å². The average molecular weight is 1340 g/mol. The zero-order valence-corrected chi connectivity index (χ0v) is 56.9. The van der Waals surface area contributed by atoms with Gasteiger partial charge in [-0.05, 0) is 106 Å². The molecule has 2 saturated heterocycles. The summed E-state index contributed by atoms with van der Waals surface area (Å²) in [5.74, 6) is 5.19. The van der Waals surface area contributed by atoms with Crippen molar-refractivity contribution >= 4 is 95.7 Å². The molecule has 0 aliphatic carbocycles. The van der Waals surface area contributed by atoms with Crippen molar-refractivity contribution in [3.05, 3.63) is 117 Å². The fourth-order valence-electron chi connectivity index (χ4n) is 12.3. The van der Waals surface area contributed by atoms with Crippen LogP contribution in [0.15, 0.2) is 72.2 Å². The summed E-state index contributed by atoms with van der Waals surface area (Å²) in [5.41, 5.74) is 7.50. The first-order valence-electron chi connectivity index (χ1n) is 32.8. The summed E-state index contributed by atoms with van der Waals surface area (Å²) in [6.45, 7) is 15.5. The highest BCUT2D eigenvalue weighted by Gasteiger charge is 2.45. The number of para-hydroxylation sites is 1. The first kappa shape index (κ1) is 68.9. The van der Waals surface area contributed by atoms with E-state index in [9.17, 15) is 34.2 Å². The summed E-state index contributed by atoms with van der Waals surface area (Å²) >= 11 is 4.43. The predicted octanol–water partition coefficient (Wildman–Crippen LogP) is 11.7. The Balaban J connectivity index is 0.570. The average Bonchev–Trinajstić information content (AvgIpc) is 1.44. The number of nitrogens with zero attached hydrogens (tertiary/aromatic N) is 9. The zero-order chi connectivity index (χ0) is 66.5. The van der Waals surface area contributed by atoms with E-state index >= 15 is 4.39 Å². The van der Waals surface area contributed by atoms with E-state index in [4.69, 9.17) is 4.74 Å². The lowest BCUT2D eigenvalue weighted by atomic mass is 9.85. The number of hydrogen-bond acceptors (Lipinski definition) is 18. The minimum atomic E-state index is -1.12. The van der Waals surface area contributed by atoms with E-state index in [1.807, 2.05) is 105 Å². The number of aliphatic hydroxyl groups is 1. The number of nitrogens with one attached hydrogen (secondary N) is 3. The van der Waals surface area contributed by atoms with Crippen LogP contribution in [0.4, 0.5) is 26.3 Å². The number of hydrogen-bond donors (Lipinski definition) is 5. The maximum atomic E-state index is 15.3. The third-order valence-corrected chi connectivity index (χ3v) is 20.7. The molecular formula is C70H85FN12O8S3. The topological polar surface area (TPSA) is 249 Å². The molecule has 4 aromatic heterocycles. The number of unbranched alkanes of at least 4 members (excludes halogenated alkanes) is 7. The summed E-state index contributed by atoms with van der Waals surface area (Å²) in [4.78, 5) is 89.4. The second-order valence-corrected chi connectivity index (χ2v) is 28.6. The standard InChI is InChI=1S/C70H85FN12O8S3/c1-44-51-21-18-34-82(64(51)79-78-63(44)77-68-74-53-22-15-16-23-56(53)93-68)69-76-60(67(89)90)57(94-69)24-19-39-91-55-32-27-47(40-52(55)71)20-17-33-80-35-37-81(38-36-80)59(86)26-14-12-10-8-7-9-11-13-25-58(85)75-62(70(4,5)6)66(88)83-42-50(84)41-54(83)65(87)73-45(2)48-28-30-49(31-29-48)61-46(3)72-43-92-61/h15-16,22-23,27-32,40,43,45,50,54,62,84H,7-14,18-19,21,24-26,33-39,41-42H2,1-6H3,(H,73,87)(H,75,85)(H,89,90)(H,74,77,78)/t45-,50+,54-,62?/m0/s1. The Morgan fingerprint density at radius 3 is 2.29 bits per heavy atom. The number of fused-ring (bicyclic) bond motifs is 2. The number of benzene rings is 3. The number of carbonyl (C=O) groups is 5. The number of carbonyl (C=O) groups excluding carboxylic acids is 4. The summed E-state index contributed by atoms with van der Waals surface area (Å²) in [6, 6.07) is 18.5. The van der Waals surface area contributed by atoms with Crippen molar-refractivity contribution in [2.24, 2.45) is 5.41 Å². The van der Waals surface area contributed by atoms with Crippen LogP contribution in [0, 0.1) is 36.9 Å². The molecule has 0 radical (unpaired) electrons. The van der Waals surface area contributed by atoms with Gasteiger partial charge in [0.05, 0.1) is 51.6 Å². The number of piperazine rings is 1. The molecule has 4 amide bonds. The Morgan fingerprint density at radius 1 is 0.851 bits per heavy atom. The van der Waals surface area contributed by atoms with Crippen LogP contribution in [0.5, 0.6) is 5.75 Å². The Hall–Kier alpha value is -7.95. The van der Waals surface area contributed by atoms with Gasteiger partial charge in [-0.1, -0.05) is 119 Å². The number of thiazole rings is 3. The smallest absolute Gasteiger partial charge is 0.355 e. The number of aryl methyl sites for hydroxylation is 2. The molecule has 7 aromatic rings. The molecule has 3 aliphatic heterocycles. The van der Waals surface area contributed by atoms with Gasteiger partial charge in [0, 0.05) is 80.1 Å². The van der Waals surface area contributed by atoms with Crippen LogP contribution in [0.1, 0.15) is 161 Å². The number of aromatic nitrogens is 5. The minimum Gasteiger partial charge on any atom is -0.491 e. The van der Waals surface area contributed by atoms with E-state index in [0.717, 1.165) is 106 Å². The predicted molar refractivity (Wildman–Crippen MR) is 367 cm³/mol. The minimum absolute atomic E-state index is 0.0129. The van der Waals surface area contributed by atoms with E-state index in [1.165, 1.54) is 22.3 Å². The quantitative estimate of drug-likeness (QED) is 0.0237. The third-order valence-electron chi connectivity index (χ3n) is 17.6. The van der Waals surface area contributed by atoms with Gasteiger partial charge >= 0.3 is 5.97 Å². The lowest BCUT2D eigenvalue weighted by Gasteiger charge is -2.35. The van der Waals surface area contributed by atoms with Crippen LogP contribution >= 0.6 is 34.0 Å². The number of amides is 4. The fraction of sp³-hybridized carbons (Fsp3) is 0.486. The van der Waals surface area contributed by atoms with Crippen molar-refractivity contribution in [2.75, 3.05) is 62.6 Å². The van der Waals surface area contributed by atoms with Gasteiger partial charge in [-0.3, -0.25) is 24.1 Å². The van der Waals surface area contributed by atoms with Crippen LogP contribution in [-0.4, -0.2) is 150 Å². The van der Waals surface area contributed by atoms with Crippen molar-refractivity contribution in [1.29, 1.82) is 0 Å². The van der Waals surface area contributed by atoms with Crippen molar-refractivity contribution < 1.29 is 43.3 Å². The van der Waals surface area contributed by atoms with E-state index in [2.05, 4.69) is 57.8 Å². The number of carboxylic acids is 1. The van der Waals surface area contributed by atoms with Crippen molar-refractivity contribution in [3.63, 3.8) is 0 Å². The molecule has 3 aromatic carbocycles. The highest BCUT2D eigenvalue weighted by molar-refractivity contribution is 7.22. The van der Waals surface area contributed by atoms with Crippen LogP contribution in [0.3, 0.4) is 0 Å². The van der Waals surface area contributed by atoms with Crippen molar-refractivity contribution in [2.45, 2.75) is 162 Å². The molecule has 94 heavy (non-hydrogen) atoms. The number of carboxylic acid groups (broad SMARTS) is 1. The number of halogens is 1. The molecule has 0 saturated carbocycles. The third kappa shape index (κ3) is 17.7. The Bertz CT molecular complexity index is 3840. The number of aromatic carboxylic acids is 1. The molecule has 24 heteroatoms. The molecular weight excluding hydrogens is 1250 g/mol. The largest absolute Gasteiger partial charge is 0.491 e. The maximum absolute atomic E-state index is 15.3. The van der Waals surface area contributed by atoms with Gasteiger partial charge in [-0.2, -0.15) is 0 Å². The molecule has 0 spiro atoms. The summed E-state index contributed by atoms with van der Waals surface area (Å²) in [7, 11) is 0.